The molecule has 0 amide bonds. The van der Waals surface area contributed by atoms with Crippen molar-refractivity contribution in [1.29, 1.82) is 0 Å². The van der Waals surface area contributed by atoms with E-state index < -0.39 is 0 Å². The topological polar surface area (TPSA) is 92.5 Å². The van der Waals surface area contributed by atoms with Gasteiger partial charge in [-0.2, -0.15) is 0 Å². The van der Waals surface area contributed by atoms with Crippen LogP contribution in [0.5, 0.6) is 11.5 Å². The van der Waals surface area contributed by atoms with Crippen molar-refractivity contribution in [3.05, 3.63) is 46.0 Å². The number of rotatable bonds is 2. The van der Waals surface area contributed by atoms with Crippen LogP contribution in [0, 0.1) is 6.92 Å². The van der Waals surface area contributed by atoms with Crippen molar-refractivity contribution in [2.24, 2.45) is 0 Å². The highest BCUT2D eigenvalue weighted by Gasteiger charge is 2.19. The number of benzene rings is 2. The van der Waals surface area contributed by atoms with Gasteiger partial charge >= 0.3 is 0 Å². The summed E-state index contributed by atoms with van der Waals surface area (Å²) < 4.78 is 0. The van der Waals surface area contributed by atoms with Crippen LogP contribution in [0.4, 0.5) is 11.4 Å². The van der Waals surface area contributed by atoms with Gasteiger partial charge in [0.25, 0.3) is 0 Å². The molecule has 0 bridgehead atoms. The number of phenolic OH excluding ortho intramolecular Hbond substituents is 2. The summed E-state index contributed by atoms with van der Waals surface area (Å²) in [4.78, 5) is 0. The molecule has 2 aromatic carbocycles. The van der Waals surface area contributed by atoms with Gasteiger partial charge < -0.3 is 21.7 Å². The van der Waals surface area contributed by atoms with Gasteiger partial charge in [0.2, 0.25) is 0 Å². The van der Waals surface area contributed by atoms with Crippen molar-refractivity contribution in [1.82, 2.24) is 0 Å². The van der Waals surface area contributed by atoms with Crippen LogP contribution in [0.15, 0.2) is 24.3 Å². The Labute approximate surface area is 122 Å². The Bertz CT molecular complexity index is 669. The summed E-state index contributed by atoms with van der Waals surface area (Å²) in [7, 11) is 0. The van der Waals surface area contributed by atoms with Crippen LogP contribution in [-0.4, -0.2) is 10.2 Å². The first kappa shape index (κ1) is 14.3. The van der Waals surface area contributed by atoms with Crippen LogP contribution in [0.3, 0.4) is 0 Å². The zero-order chi connectivity index (χ0) is 15.0. The van der Waals surface area contributed by atoms with Gasteiger partial charge in [0, 0.05) is 23.1 Å². The Morgan fingerprint density at radius 3 is 2.40 bits per heavy atom. The molecule has 0 spiro atoms. The number of phenols is 2. The number of nitrogen functional groups attached to an aromatic ring is 2. The molecule has 1 atom stereocenters. The van der Waals surface area contributed by atoms with E-state index in [1.807, 2.05) is 19.9 Å². The van der Waals surface area contributed by atoms with Crippen molar-refractivity contribution < 1.29 is 10.2 Å². The highest BCUT2D eigenvalue weighted by molar-refractivity contribution is 6.33. The number of aryl methyl sites for hydroxylation is 1. The van der Waals surface area contributed by atoms with Crippen LogP contribution < -0.4 is 11.5 Å². The van der Waals surface area contributed by atoms with E-state index in [1.54, 1.807) is 12.1 Å². The number of hydrogen-bond acceptors (Lipinski definition) is 4. The van der Waals surface area contributed by atoms with Gasteiger partial charge in [-0.1, -0.05) is 30.7 Å². The number of anilines is 2. The molecule has 0 aliphatic rings. The van der Waals surface area contributed by atoms with Crippen molar-refractivity contribution >= 4 is 23.0 Å². The first-order valence-corrected chi connectivity index (χ1v) is 6.56. The molecule has 20 heavy (non-hydrogen) atoms. The molecule has 2 aromatic rings. The fourth-order valence-corrected chi connectivity index (χ4v) is 2.34. The van der Waals surface area contributed by atoms with Gasteiger partial charge in [0.1, 0.15) is 11.5 Å². The third-order valence-electron chi connectivity index (χ3n) is 3.55. The molecule has 0 heterocycles. The van der Waals surface area contributed by atoms with Gasteiger partial charge in [-0.05, 0) is 18.6 Å². The zero-order valence-electron chi connectivity index (χ0n) is 11.3. The third-order valence-corrected chi connectivity index (χ3v) is 3.87. The third kappa shape index (κ3) is 2.34. The van der Waals surface area contributed by atoms with E-state index in [1.165, 1.54) is 6.07 Å². The first-order valence-electron chi connectivity index (χ1n) is 6.18. The maximum Gasteiger partial charge on any atom is 0.142 e. The van der Waals surface area contributed by atoms with E-state index in [0.29, 0.717) is 27.5 Å². The first-order chi connectivity index (χ1) is 9.32. The fourth-order valence-electron chi connectivity index (χ4n) is 2.19. The number of halogens is 1. The number of hydrogen-bond donors (Lipinski definition) is 4. The summed E-state index contributed by atoms with van der Waals surface area (Å²) in [6.07, 6.45) is 0. The molecule has 0 radical (unpaired) electrons. The minimum Gasteiger partial charge on any atom is -0.508 e. The summed E-state index contributed by atoms with van der Waals surface area (Å²) >= 11 is 5.86. The van der Waals surface area contributed by atoms with Gasteiger partial charge in [-0.3, -0.25) is 0 Å². The van der Waals surface area contributed by atoms with Crippen molar-refractivity contribution in [2.45, 2.75) is 19.8 Å². The largest absolute Gasteiger partial charge is 0.508 e. The van der Waals surface area contributed by atoms with E-state index in [0.717, 1.165) is 5.56 Å². The van der Waals surface area contributed by atoms with Crippen LogP contribution in [-0.2, 0) is 0 Å². The second-order valence-electron chi connectivity index (χ2n) is 4.89. The second kappa shape index (κ2) is 5.13. The Morgan fingerprint density at radius 1 is 1.10 bits per heavy atom. The van der Waals surface area contributed by atoms with Crippen LogP contribution in [0.25, 0.3) is 0 Å². The summed E-state index contributed by atoms with van der Waals surface area (Å²) in [6.45, 7) is 3.67. The van der Waals surface area contributed by atoms with Crippen LogP contribution in [0.2, 0.25) is 5.02 Å². The van der Waals surface area contributed by atoms with E-state index in [4.69, 9.17) is 23.1 Å². The molecular weight excluding hydrogens is 276 g/mol. The van der Waals surface area contributed by atoms with E-state index in [2.05, 4.69) is 0 Å². The zero-order valence-corrected chi connectivity index (χ0v) is 12.1. The molecule has 1 unspecified atom stereocenters. The van der Waals surface area contributed by atoms with Gasteiger partial charge in [0.05, 0.1) is 16.4 Å². The summed E-state index contributed by atoms with van der Waals surface area (Å²) in [5, 5.41) is 20.5. The Morgan fingerprint density at radius 2 is 1.75 bits per heavy atom. The average molecular weight is 293 g/mol. The summed E-state index contributed by atoms with van der Waals surface area (Å²) in [6, 6.07) is 6.63. The maximum atomic E-state index is 10.2. The minimum atomic E-state index is -0.266. The predicted octanol–water partition coefficient (Wildman–Crippen LogP) is 3.38. The maximum absolute atomic E-state index is 10.2. The molecule has 5 heteroatoms. The number of nitrogens with two attached hydrogens (primary N) is 2. The molecule has 6 N–H and O–H groups in total. The van der Waals surface area contributed by atoms with Crippen LogP contribution in [0.1, 0.15) is 29.5 Å². The molecule has 0 aliphatic heterocycles. The SMILES string of the molecule is Cc1ccc(C(C)c2cc(N)c(Cl)cc2O)c(O)c1N. The molecule has 0 saturated carbocycles. The molecular formula is C15H17ClN2O2. The molecule has 0 aliphatic carbocycles. The monoisotopic (exact) mass is 292 g/mol. The van der Waals surface area contributed by atoms with Gasteiger partial charge in [-0.25, -0.2) is 0 Å². The lowest BCUT2D eigenvalue weighted by molar-refractivity contribution is 0.458. The van der Waals surface area contributed by atoms with Crippen molar-refractivity contribution in [3.8, 4) is 11.5 Å². The highest BCUT2D eigenvalue weighted by Crippen LogP contribution is 2.41. The Hall–Kier alpha value is -2.07. The fraction of sp³-hybridized carbons (Fsp3) is 0.200. The summed E-state index contributed by atoms with van der Waals surface area (Å²) in [5.74, 6) is -0.196. The Balaban J connectivity index is 2.55. The smallest absolute Gasteiger partial charge is 0.142 e. The van der Waals surface area contributed by atoms with Gasteiger partial charge in [0.15, 0.2) is 0 Å². The lowest BCUT2D eigenvalue weighted by atomic mass is 9.90. The molecule has 2 rings (SSSR count). The minimum absolute atomic E-state index is 0.0328. The van der Waals surface area contributed by atoms with E-state index in [9.17, 15) is 10.2 Å². The van der Waals surface area contributed by atoms with Crippen molar-refractivity contribution in [3.63, 3.8) is 0 Å². The summed E-state index contributed by atoms with van der Waals surface area (Å²) in [5.41, 5.74) is 14.3. The molecule has 4 nitrogen and oxygen atoms in total. The average Bonchev–Trinajstić information content (AvgIpc) is 2.40. The predicted molar refractivity (Wildman–Crippen MR) is 82.3 cm³/mol. The second-order valence-corrected chi connectivity index (χ2v) is 5.30. The molecule has 106 valence electrons. The highest BCUT2D eigenvalue weighted by atomic mass is 35.5. The van der Waals surface area contributed by atoms with Crippen LogP contribution >= 0.6 is 11.6 Å². The number of aromatic hydroxyl groups is 2. The van der Waals surface area contributed by atoms with E-state index in [-0.39, 0.29) is 17.4 Å². The van der Waals surface area contributed by atoms with E-state index >= 15 is 0 Å². The lowest BCUT2D eigenvalue weighted by Crippen LogP contribution is -2.02. The van der Waals surface area contributed by atoms with Crippen molar-refractivity contribution in [2.75, 3.05) is 11.5 Å². The standard InChI is InChI=1S/C15H17ClN2O2/c1-7-3-4-9(15(20)14(7)18)8(2)10-5-12(17)11(16)6-13(10)19/h3-6,8,19-20H,17-18H2,1-2H3. The molecule has 0 fully saturated rings. The van der Waals surface area contributed by atoms with Gasteiger partial charge in [-0.15, -0.1) is 0 Å². The quantitative estimate of drug-likeness (QED) is 0.388. The lowest BCUT2D eigenvalue weighted by Gasteiger charge is -2.18. The molecule has 0 saturated heterocycles. The Kier molecular flexibility index (Phi) is 3.68. The normalized spacial score (nSPS) is 12.3. The molecule has 0 aromatic heterocycles.